The van der Waals surface area contributed by atoms with Crippen molar-refractivity contribution in [2.45, 2.75) is 33.4 Å². The second kappa shape index (κ2) is 11.4. The van der Waals surface area contributed by atoms with Crippen LogP contribution in [0.3, 0.4) is 0 Å². The number of rotatable bonds is 9. The minimum absolute atomic E-state index is 0.0565. The van der Waals surface area contributed by atoms with Crippen molar-refractivity contribution in [1.82, 2.24) is 15.6 Å². The zero-order chi connectivity index (χ0) is 23.8. The van der Waals surface area contributed by atoms with Crippen LogP contribution in [-0.4, -0.2) is 42.1 Å². The van der Waals surface area contributed by atoms with Gasteiger partial charge in [-0.2, -0.15) is 0 Å². The molecule has 3 aromatic rings. The molecule has 0 aliphatic carbocycles. The number of hydrogen-bond acceptors (Lipinski definition) is 7. The Morgan fingerprint density at radius 2 is 1.85 bits per heavy atom. The van der Waals surface area contributed by atoms with Gasteiger partial charge in [0.05, 0.1) is 21.7 Å². The number of nitrogens with one attached hydrogen (secondary N) is 2. The summed E-state index contributed by atoms with van der Waals surface area (Å²) < 4.78 is 11.4. The highest BCUT2D eigenvalue weighted by Gasteiger charge is 2.25. The van der Waals surface area contributed by atoms with Crippen LogP contribution in [0.5, 0.6) is 0 Å². The number of aromatic nitrogens is 1. The lowest BCUT2D eigenvalue weighted by Gasteiger charge is -2.18. The zero-order valence-corrected chi connectivity index (χ0v) is 19.6. The van der Waals surface area contributed by atoms with E-state index in [0.29, 0.717) is 4.88 Å². The number of fused-ring (bicyclic) bond motifs is 1. The van der Waals surface area contributed by atoms with E-state index in [1.54, 1.807) is 12.3 Å². The van der Waals surface area contributed by atoms with Gasteiger partial charge in [-0.3, -0.25) is 9.78 Å². The molecule has 0 saturated heterocycles. The van der Waals surface area contributed by atoms with Crippen LogP contribution >= 0.6 is 11.3 Å². The van der Waals surface area contributed by atoms with Crippen molar-refractivity contribution >= 4 is 39.5 Å². The van der Waals surface area contributed by atoms with Crippen molar-refractivity contribution in [3.05, 3.63) is 64.7 Å². The van der Waals surface area contributed by atoms with Crippen molar-refractivity contribution in [2.24, 2.45) is 5.92 Å². The van der Waals surface area contributed by atoms with Gasteiger partial charge in [-0.25, -0.2) is 9.59 Å². The second-order valence-electron chi connectivity index (χ2n) is 7.95. The van der Waals surface area contributed by atoms with E-state index >= 15 is 0 Å². The minimum atomic E-state index is -1.09. The Kier molecular flexibility index (Phi) is 8.37. The van der Waals surface area contributed by atoms with Gasteiger partial charge in [0.2, 0.25) is 0 Å². The first-order chi connectivity index (χ1) is 15.8. The van der Waals surface area contributed by atoms with E-state index in [9.17, 15) is 14.4 Å². The number of carbonyl (C=O) groups excluding carboxylic acids is 3. The summed E-state index contributed by atoms with van der Waals surface area (Å²) in [5.74, 6) is -0.878. The maximum Gasteiger partial charge on any atom is 0.408 e. The summed E-state index contributed by atoms with van der Waals surface area (Å²) in [4.78, 5) is 42.3. The van der Waals surface area contributed by atoms with Gasteiger partial charge in [-0.05, 0) is 36.1 Å². The Hall–Kier alpha value is -3.46. The lowest BCUT2D eigenvalue weighted by Crippen LogP contribution is -2.49. The number of amides is 2. The maximum atomic E-state index is 12.7. The largest absolute Gasteiger partial charge is 0.464 e. The molecule has 0 fully saturated rings. The highest BCUT2D eigenvalue weighted by atomic mass is 32.1. The third-order valence-corrected chi connectivity index (χ3v) is 5.91. The lowest BCUT2D eigenvalue weighted by molar-refractivity contribution is -0.146. The van der Waals surface area contributed by atoms with Crippen LogP contribution < -0.4 is 10.6 Å². The van der Waals surface area contributed by atoms with Crippen LogP contribution in [0.4, 0.5) is 4.79 Å². The highest BCUT2D eigenvalue weighted by molar-refractivity contribution is 7.21. The van der Waals surface area contributed by atoms with Crippen molar-refractivity contribution < 1.29 is 23.9 Å². The molecule has 0 saturated carbocycles. The molecule has 33 heavy (non-hydrogen) atoms. The van der Waals surface area contributed by atoms with Crippen molar-refractivity contribution in [2.75, 3.05) is 13.2 Å². The number of thiophene rings is 1. The van der Waals surface area contributed by atoms with Gasteiger partial charge < -0.3 is 20.1 Å². The van der Waals surface area contributed by atoms with Gasteiger partial charge in [0.1, 0.15) is 12.6 Å². The number of benzene rings is 1. The fraction of sp³-hybridized carbons (Fsp3) is 0.333. The molecule has 0 spiro atoms. The SMILES string of the molecule is Cc1ccnc2cc(C(=O)NC[C@@H](NC(=O)OCc3ccccc3)C(=O)OCC(C)C)sc12. The van der Waals surface area contributed by atoms with Crippen molar-refractivity contribution in [3.8, 4) is 0 Å². The summed E-state index contributed by atoms with van der Waals surface area (Å²) in [7, 11) is 0. The van der Waals surface area contributed by atoms with Gasteiger partial charge in [0.25, 0.3) is 5.91 Å². The van der Waals surface area contributed by atoms with Gasteiger partial charge in [0.15, 0.2) is 0 Å². The zero-order valence-electron chi connectivity index (χ0n) is 18.8. The molecule has 0 aliphatic heterocycles. The fourth-order valence-electron chi connectivity index (χ4n) is 2.91. The Labute approximate surface area is 196 Å². The first kappa shape index (κ1) is 24.2. The number of esters is 1. The average Bonchev–Trinajstić information content (AvgIpc) is 3.25. The average molecular weight is 470 g/mol. The summed E-state index contributed by atoms with van der Waals surface area (Å²) >= 11 is 1.32. The molecular formula is C24H27N3O5S. The first-order valence-electron chi connectivity index (χ1n) is 10.6. The topological polar surface area (TPSA) is 107 Å². The molecule has 0 aliphatic rings. The maximum absolute atomic E-state index is 12.7. The molecule has 0 unspecified atom stereocenters. The summed E-state index contributed by atoms with van der Waals surface area (Å²) in [5.41, 5.74) is 2.58. The summed E-state index contributed by atoms with van der Waals surface area (Å²) in [6.07, 6.45) is 0.916. The number of nitrogens with zero attached hydrogens (tertiary/aromatic N) is 1. The third-order valence-electron chi connectivity index (χ3n) is 4.65. The predicted molar refractivity (Wildman–Crippen MR) is 126 cm³/mol. The predicted octanol–water partition coefficient (Wildman–Crippen LogP) is 3.83. The highest BCUT2D eigenvalue weighted by Crippen LogP contribution is 2.26. The second-order valence-corrected chi connectivity index (χ2v) is 9.00. The van der Waals surface area contributed by atoms with E-state index in [2.05, 4.69) is 15.6 Å². The molecule has 2 N–H and O–H groups in total. The van der Waals surface area contributed by atoms with E-state index in [0.717, 1.165) is 21.3 Å². The van der Waals surface area contributed by atoms with Crippen LogP contribution in [0.15, 0.2) is 48.7 Å². The van der Waals surface area contributed by atoms with Gasteiger partial charge in [-0.1, -0.05) is 44.2 Å². The molecule has 9 heteroatoms. The molecule has 0 radical (unpaired) electrons. The van der Waals surface area contributed by atoms with Gasteiger partial charge in [0, 0.05) is 12.7 Å². The van der Waals surface area contributed by atoms with E-state index in [-0.39, 0.29) is 31.6 Å². The van der Waals surface area contributed by atoms with Crippen LogP contribution in [0.1, 0.15) is 34.6 Å². The molecule has 0 bridgehead atoms. The first-order valence-corrected chi connectivity index (χ1v) is 11.4. The number of carbonyl (C=O) groups is 3. The van der Waals surface area contributed by atoms with Gasteiger partial charge >= 0.3 is 12.1 Å². The van der Waals surface area contributed by atoms with Crippen molar-refractivity contribution in [1.29, 1.82) is 0 Å². The van der Waals surface area contributed by atoms with Gasteiger partial charge in [-0.15, -0.1) is 11.3 Å². The molecule has 1 aromatic carbocycles. The number of ether oxygens (including phenoxy) is 2. The lowest BCUT2D eigenvalue weighted by atomic mass is 10.2. The summed E-state index contributed by atoms with van der Waals surface area (Å²) in [5, 5.41) is 5.19. The summed E-state index contributed by atoms with van der Waals surface area (Å²) in [6, 6.07) is 11.7. The third kappa shape index (κ3) is 7.01. The molecule has 8 nitrogen and oxygen atoms in total. The number of aryl methyl sites for hydroxylation is 1. The van der Waals surface area contributed by atoms with E-state index in [4.69, 9.17) is 9.47 Å². The smallest absolute Gasteiger partial charge is 0.408 e. The van der Waals surface area contributed by atoms with E-state index < -0.39 is 18.1 Å². The van der Waals surface area contributed by atoms with Crippen molar-refractivity contribution in [3.63, 3.8) is 0 Å². The van der Waals surface area contributed by atoms with E-state index in [1.165, 1.54) is 11.3 Å². The standard InChI is InChI=1S/C24H27N3O5S/c1-15(2)13-31-23(29)19(27-24(30)32-14-17-7-5-4-6-8-17)12-26-22(28)20-11-18-21(33-20)16(3)9-10-25-18/h4-11,15,19H,12-14H2,1-3H3,(H,26,28)(H,27,30)/t19-/m1/s1. The molecule has 2 amide bonds. The molecule has 2 heterocycles. The number of hydrogen-bond donors (Lipinski definition) is 2. The molecule has 3 rings (SSSR count). The molecule has 2 aromatic heterocycles. The molecule has 174 valence electrons. The molecule has 1 atom stereocenters. The number of alkyl carbamates (subject to hydrolysis) is 1. The van der Waals surface area contributed by atoms with Crippen LogP contribution in [0.2, 0.25) is 0 Å². The monoisotopic (exact) mass is 469 g/mol. The quantitative estimate of drug-likeness (QED) is 0.462. The molecular weight excluding hydrogens is 442 g/mol. The minimum Gasteiger partial charge on any atom is -0.464 e. The van der Waals surface area contributed by atoms with Crippen LogP contribution in [-0.2, 0) is 20.9 Å². The Balaban J connectivity index is 1.62. The van der Waals surface area contributed by atoms with Crippen LogP contribution in [0.25, 0.3) is 10.2 Å². The Morgan fingerprint density at radius 1 is 1.09 bits per heavy atom. The van der Waals surface area contributed by atoms with E-state index in [1.807, 2.05) is 57.2 Å². The number of pyridine rings is 1. The normalized spacial score (nSPS) is 11.8. The summed E-state index contributed by atoms with van der Waals surface area (Å²) in [6.45, 7) is 5.88. The Morgan fingerprint density at radius 3 is 2.55 bits per heavy atom. The van der Waals surface area contributed by atoms with Crippen LogP contribution in [0, 0.1) is 12.8 Å². The fourth-order valence-corrected chi connectivity index (χ4v) is 3.91. The Bertz CT molecular complexity index is 1110.